The van der Waals surface area contributed by atoms with Crippen LogP contribution in [0, 0.1) is 40.4 Å². The summed E-state index contributed by atoms with van der Waals surface area (Å²) in [5.41, 5.74) is 4.96. The minimum absolute atomic E-state index is 0.00255. The van der Waals surface area contributed by atoms with Crippen molar-refractivity contribution in [2.45, 2.75) is 191 Å². The topological polar surface area (TPSA) is 289 Å². The fraction of sp³-hybridized carbons (Fsp3) is 0.672. The van der Waals surface area contributed by atoms with Crippen LogP contribution < -0.4 is 42.8 Å². The summed E-state index contributed by atoms with van der Waals surface area (Å²) < 4.78 is 59.0. The summed E-state index contributed by atoms with van der Waals surface area (Å²) in [6, 6.07) is 2.20. The van der Waals surface area contributed by atoms with Gasteiger partial charge >= 0.3 is 6.03 Å². The van der Waals surface area contributed by atoms with Gasteiger partial charge in [-0.05, 0) is 138 Å². The molecule has 0 radical (unpaired) electrons. The number of urea groups is 1. The first kappa shape index (κ1) is 60.8. The molecule has 1 aromatic carbocycles. The van der Waals surface area contributed by atoms with E-state index in [1.54, 1.807) is 20.8 Å². The third-order valence-electron chi connectivity index (χ3n) is 17.2. The fourth-order valence-corrected chi connectivity index (χ4v) is 13.0. The van der Waals surface area contributed by atoms with E-state index in [0.29, 0.717) is 37.9 Å². The molecule has 0 bridgehead atoms. The zero-order valence-corrected chi connectivity index (χ0v) is 46.2. The molecular formula is C58H81F2N7O12. The summed E-state index contributed by atoms with van der Waals surface area (Å²) in [5, 5.41) is 25.5. The lowest BCUT2D eigenvalue weighted by Crippen LogP contribution is -2.71. The van der Waals surface area contributed by atoms with Gasteiger partial charge in [0.05, 0.1) is 18.2 Å². The number of ether oxygens (including phenoxy) is 4. The number of unbranched alkanes of at least 4 members (excludes halogenated alkanes) is 1. The summed E-state index contributed by atoms with van der Waals surface area (Å²) in [7, 11) is 0. The summed E-state index contributed by atoms with van der Waals surface area (Å²) in [6.45, 7) is 8.60. The molecule has 1 heterocycles. The number of Topliss-reactive ketones (excluding diaryl/α,β-unsaturated/α-hetero) is 1. The van der Waals surface area contributed by atoms with Gasteiger partial charge in [0.1, 0.15) is 43.3 Å². The highest BCUT2D eigenvalue weighted by atomic mass is 19.1. The van der Waals surface area contributed by atoms with Crippen molar-refractivity contribution in [1.29, 1.82) is 0 Å². The van der Waals surface area contributed by atoms with Gasteiger partial charge in [0.25, 0.3) is 0 Å². The van der Waals surface area contributed by atoms with E-state index in [-0.39, 0.29) is 75.0 Å². The predicted octanol–water partition coefficient (Wildman–Crippen LogP) is 4.82. The van der Waals surface area contributed by atoms with Crippen LogP contribution in [0.5, 0.6) is 5.75 Å². The molecule has 1 aromatic rings. The normalized spacial score (nSPS) is 31.6. The van der Waals surface area contributed by atoms with Gasteiger partial charge in [0, 0.05) is 41.9 Å². The second kappa shape index (κ2) is 26.2. The Labute approximate surface area is 461 Å². The molecule has 10 N–H and O–H groups in total. The van der Waals surface area contributed by atoms with Gasteiger partial charge in [-0.25, -0.2) is 13.6 Å². The number of alkyl halides is 2. The number of nitrogens with two attached hydrogens (primary N) is 2. The number of aliphatic hydroxyl groups is 1. The maximum Gasteiger partial charge on any atom is 0.312 e. The van der Waals surface area contributed by atoms with Crippen LogP contribution in [0.2, 0.25) is 0 Å². The van der Waals surface area contributed by atoms with Crippen LogP contribution >= 0.6 is 0 Å². The molecule has 434 valence electrons. The molecule has 21 heteroatoms. The number of carbonyl (C=O) groups is 7. The molecule has 0 spiro atoms. The average molecular weight is 1110 g/mol. The summed E-state index contributed by atoms with van der Waals surface area (Å²) >= 11 is 0. The smallest absolute Gasteiger partial charge is 0.312 e. The molecule has 14 atom stereocenters. The first-order valence-corrected chi connectivity index (χ1v) is 28.2. The van der Waals surface area contributed by atoms with E-state index in [0.717, 1.165) is 38.2 Å². The second-order valence-electron chi connectivity index (χ2n) is 22.9. The van der Waals surface area contributed by atoms with Gasteiger partial charge in [-0.3, -0.25) is 28.8 Å². The Morgan fingerprint density at radius 1 is 0.924 bits per heavy atom. The van der Waals surface area contributed by atoms with E-state index in [2.05, 4.69) is 38.4 Å². The molecule has 1 saturated heterocycles. The summed E-state index contributed by atoms with van der Waals surface area (Å²) in [6.07, 6.45) is 5.85. The van der Waals surface area contributed by atoms with Gasteiger partial charge < -0.3 is 62.1 Å². The molecule has 0 aromatic heterocycles. The van der Waals surface area contributed by atoms with E-state index >= 15 is 8.78 Å². The van der Waals surface area contributed by atoms with Gasteiger partial charge in [0.15, 0.2) is 23.3 Å². The predicted molar refractivity (Wildman–Crippen MR) is 288 cm³/mol. The van der Waals surface area contributed by atoms with Gasteiger partial charge in [0.2, 0.25) is 29.4 Å². The number of allylic oxidation sites excluding steroid dienone is 4. The van der Waals surface area contributed by atoms with E-state index in [4.69, 9.17) is 30.4 Å². The number of carbonyl (C=O) groups excluding carboxylic acids is 7. The Morgan fingerprint density at radius 2 is 1.67 bits per heavy atom. The Kier molecular flexibility index (Phi) is 20.2. The zero-order chi connectivity index (χ0) is 57.3. The summed E-state index contributed by atoms with van der Waals surface area (Å²) in [5.74, 6) is 1.29. The first-order chi connectivity index (χ1) is 37.6. The third kappa shape index (κ3) is 13.2. The summed E-state index contributed by atoms with van der Waals surface area (Å²) in [4.78, 5) is 92.0. The lowest BCUT2D eigenvalue weighted by atomic mass is 9.44. The fourth-order valence-electron chi connectivity index (χ4n) is 13.0. The maximum absolute atomic E-state index is 18.0. The quantitative estimate of drug-likeness (QED) is 0.0482. The molecule has 4 fully saturated rings. The SMILES string of the molecule is CCCC1O[C@@H]2C[C@H]3[C@@H]4C[C@H](F)C5=CC(=O)C=C[C@]5(C)[C@@]4(F)[C@@H](O)C[C@]3(C)[C@]2(C(=O)COc2ccc(NC(=O)[C@H](CCCNC(N)=O)NC(=O)[C@@H](NC(=O)[C@H](N)CCCCNC(=O)COC3C#CCCCCC3)C(C)C)cc2)O1. The number of aliphatic hydroxyl groups excluding tert-OH is 1. The molecule has 79 heavy (non-hydrogen) atoms. The largest absolute Gasteiger partial charge is 0.486 e. The minimum atomic E-state index is -2.36. The van der Waals surface area contributed by atoms with Crippen molar-refractivity contribution in [2.75, 3.05) is 31.6 Å². The standard InChI is InChI=1S/C58H81F2N7O12/c1-6-15-49-78-47-30-39-40-29-42(59)41-28-36(68)24-25-55(41,4)57(40,60)45(69)31-56(39,5)58(47,79-49)46(70)32-76-38-22-20-35(21-23-38)65-52(73)44(19-14-27-64-54(62)75)66-53(74)50(34(2)3)67-51(72)43(61)18-12-13-26-63-48(71)33-77-37-16-10-8-7-9-11-17-37/h20-25,28,34,37,39-40,42-45,47,49-50,69H,6-10,12-16,18-19,26-27,29-33,61H2,1-5H3,(H,63,71)(H,65,73)(H,66,74)(H,67,72)(H3,62,64,75)/t37?,39-,40-,42-,43+,44-,45-,47+,49?,50-,55-,56-,57-,58+/m0/s1. The number of anilines is 1. The lowest BCUT2D eigenvalue weighted by Gasteiger charge is -2.63. The van der Waals surface area contributed by atoms with Crippen molar-refractivity contribution in [1.82, 2.24) is 21.3 Å². The lowest BCUT2D eigenvalue weighted by molar-refractivity contribution is -0.234. The van der Waals surface area contributed by atoms with Crippen LogP contribution in [-0.2, 0) is 43.0 Å². The van der Waals surface area contributed by atoms with Crippen molar-refractivity contribution in [3.05, 3.63) is 48.1 Å². The van der Waals surface area contributed by atoms with Crippen LogP contribution in [0.15, 0.2) is 48.1 Å². The first-order valence-electron chi connectivity index (χ1n) is 28.2. The number of amides is 6. The Hall–Kier alpha value is -5.79. The van der Waals surface area contributed by atoms with Gasteiger partial charge in [-0.15, -0.1) is 5.92 Å². The molecule has 2 unspecified atom stereocenters. The van der Waals surface area contributed by atoms with Crippen molar-refractivity contribution in [3.63, 3.8) is 0 Å². The zero-order valence-electron chi connectivity index (χ0n) is 46.2. The highest BCUT2D eigenvalue weighted by Gasteiger charge is 2.80. The Balaban J connectivity index is 0.942. The van der Waals surface area contributed by atoms with Gasteiger partial charge in [-0.2, -0.15) is 0 Å². The van der Waals surface area contributed by atoms with Crippen LogP contribution in [0.3, 0.4) is 0 Å². The van der Waals surface area contributed by atoms with Crippen LogP contribution in [0.4, 0.5) is 19.3 Å². The van der Waals surface area contributed by atoms with Crippen molar-refractivity contribution >= 4 is 46.9 Å². The monoisotopic (exact) mass is 1110 g/mol. The average Bonchev–Trinajstić information content (AvgIpc) is 2.30. The van der Waals surface area contributed by atoms with Crippen molar-refractivity contribution in [2.24, 2.45) is 40.1 Å². The maximum atomic E-state index is 18.0. The molecule has 6 aliphatic rings. The Morgan fingerprint density at radius 3 is 2.39 bits per heavy atom. The number of hydrogen-bond acceptors (Lipinski definition) is 13. The molecule has 19 nitrogen and oxygen atoms in total. The molecular weight excluding hydrogens is 1020 g/mol. The highest BCUT2D eigenvalue weighted by molar-refractivity contribution is 6.01. The van der Waals surface area contributed by atoms with Crippen LogP contribution in [-0.4, -0.2) is 133 Å². The number of fused-ring (bicyclic) bond motifs is 7. The van der Waals surface area contributed by atoms with E-state index in [1.165, 1.54) is 43.3 Å². The van der Waals surface area contributed by atoms with Crippen LogP contribution in [0.1, 0.15) is 131 Å². The molecule has 3 saturated carbocycles. The van der Waals surface area contributed by atoms with Crippen molar-refractivity contribution < 1.29 is 66.4 Å². The molecule has 5 aliphatic carbocycles. The van der Waals surface area contributed by atoms with E-state index in [9.17, 15) is 38.7 Å². The number of hydrogen-bond donors (Lipinski definition) is 8. The van der Waals surface area contributed by atoms with Gasteiger partial charge in [-0.1, -0.05) is 52.5 Å². The highest BCUT2D eigenvalue weighted by Crippen LogP contribution is 2.72. The molecule has 7 rings (SSSR count). The number of primary amides is 1. The van der Waals surface area contributed by atoms with Crippen molar-refractivity contribution in [3.8, 4) is 17.6 Å². The number of nitrogens with one attached hydrogen (secondary N) is 5. The van der Waals surface area contributed by atoms with E-state index in [1.807, 2.05) is 6.92 Å². The van der Waals surface area contributed by atoms with E-state index < -0.39 is 125 Å². The number of benzene rings is 1. The minimum Gasteiger partial charge on any atom is -0.486 e. The molecule has 6 amide bonds. The van der Waals surface area contributed by atoms with Crippen LogP contribution in [0.25, 0.3) is 0 Å². The number of ketones is 2. The molecule has 1 aliphatic heterocycles. The number of rotatable bonds is 25. The second-order valence-corrected chi connectivity index (χ2v) is 22.9. The third-order valence-corrected chi connectivity index (χ3v) is 17.2. The Bertz CT molecular complexity index is 2540. The number of halogens is 2.